The third-order valence-corrected chi connectivity index (χ3v) is 4.66. The fraction of sp³-hybridized carbons (Fsp3) is 0.125. The van der Waals surface area contributed by atoms with Gasteiger partial charge in [0.25, 0.3) is 0 Å². The van der Waals surface area contributed by atoms with Crippen LogP contribution < -0.4 is 5.69 Å². The molecule has 0 saturated heterocycles. The summed E-state index contributed by atoms with van der Waals surface area (Å²) in [5.74, 6) is 0. The Bertz CT molecular complexity index is 987. The van der Waals surface area contributed by atoms with Gasteiger partial charge >= 0.3 is 5.69 Å². The molecule has 0 N–H and O–H groups in total. The Balaban J connectivity index is 1.71. The Morgan fingerprint density at radius 2 is 2.00 bits per heavy atom. The molecule has 0 aliphatic rings. The number of hydrogen-bond donors (Lipinski definition) is 0. The maximum absolute atomic E-state index is 12.6. The molecule has 6 heteroatoms. The summed E-state index contributed by atoms with van der Waals surface area (Å²) in [4.78, 5) is 17.8. The number of rotatable bonds is 3. The normalized spacial score (nSPS) is 11.3. The second kappa shape index (κ2) is 4.99. The van der Waals surface area contributed by atoms with Crippen LogP contribution in [0.4, 0.5) is 0 Å². The van der Waals surface area contributed by atoms with Gasteiger partial charge in [0.15, 0.2) is 0 Å². The number of thiazole rings is 1. The molecule has 22 heavy (non-hydrogen) atoms. The quantitative estimate of drug-likeness (QED) is 0.584. The second-order valence-corrected chi connectivity index (χ2v) is 6.13. The lowest BCUT2D eigenvalue weighted by Crippen LogP contribution is -2.23. The topological polar surface area (TPSA) is 44.2 Å². The molecule has 0 bridgehead atoms. The van der Waals surface area contributed by atoms with Gasteiger partial charge < -0.3 is 0 Å². The van der Waals surface area contributed by atoms with Crippen molar-refractivity contribution in [3.63, 3.8) is 0 Å². The van der Waals surface area contributed by atoms with Crippen molar-refractivity contribution in [2.75, 3.05) is 0 Å². The van der Waals surface area contributed by atoms with Crippen molar-refractivity contribution >= 4 is 16.2 Å². The molecule has 0 saturated carbocycles. The van der Waals surface area contributed by atoms with Crippen LogP contribution in [-0.4, -0.2) is 18.5 Å². The Labute approximate surface area is 130 Å². The Morgan fingerprint density at radius 1 is 1.18 bits per heavy atom. The molecule has 4 aromatic rings. The van der Waals surface area contributed by atoms with Crippen LogP contribution in [0, 0.1) is 6.92 Å². The van der Waals surface area contributed by atoms with Gasteiger partial charge in [0.2, 0.25) is 0 Å². The fourth-order valence-electron chi connectivity index (χ4n) is 2.49. The van der Waals surface area contributed by atoms with Crippen LogP contribution in [0.15, 0.2) is 59.4 Å². The Hall–Kier alpha value is -2.60. The van der Waals surface area contributed by atoms with E-state index in [0.717, 1.165) is 16.2 Å². The van der Waals surface area contributed by atoms with Crippen molar-refractivity contribution in [1.29, 1.82) is 0 Å². The van der Waals surface area contributed by atoms with Crippen molar-refractivity contribution in [2.45, 2.75) is 13.5 Å². The van der Waals surface area contributed by atoms with E-state index in [-0.39, 0.29) is 5.69 Å². The highest BCUT2D eigenvalue weighted by atomic mass is 32.1. The summed E-state index contributed by atoms with van der Waals surface area (Å²) in [7, 11) is 0. The summed E-state index contributed by atoms with van der Waals surface area (Å²) < 4.78 is 5.39. The summed E-state index contributed by atoms with van der Waals surface area (Å²) in [6, 6.07) is 7.93. The van der Waals surface area contributed by atoms with E-state index in [1.54, 1.807) is 26.8 Å². The molecule has 0 amide bonds. The van der Waals surface area contributed by atoms with Crippen LogP contribution in [0.5, 0.6) is 0 Å². The largest absolute Gasteiger partial charge is 0.333 e. The van der Waals surface area contributed by atoms with E-state index in [2.05, 4.69) is 10.4 Å². The van der Waals surface area contributed by atoms with Gasteiger partial charge in [-0.05, 0) is 19.1 Å². The highest BCUT2D eigenvalue weighted by Crippen LogP contribution is 2.16. The van der Waals surface area contributed by atoms with Gasteiger partial charge in [-0.3, -0.25) is 13.5 Å². The van der Waals surface area contributed by atoms with Crippen molar-refractivity contribution < 1.29 is 0 Å². The molecule has 110 valence electrons. The molecule has 0 fully saturated rings. The van der Waals surface area contributed by atoms with Crippen LogP contribution in [0.3, 0.4) is 0 Å². The van der Waals surface area contributed by atoms with Gasteiger partial charge in [0.05, 0.1) is 24.1 Å². The first-order valence-corrected chi connectivity index (χ1v) is 7.83. The van der Waals surface area contributed by atoms with Crippen molar-refractivity contribution in [3.8, 4) is 5.69 Å². The molecule has 4 rings (SSSR count). The molecule has 5 nitrogen and oxygen atoms in total. The van der Waals surface area contributed by atoms with E-state index in [1.165, 1.54) is 5.56 Å². The van der Waals surface area contributed by atoms with Crippen LogP contribution >= 0.6 is 11.3 Å². The SMILES string of the molecule is Cc1ccc(-n2ccn(Cc3csc4cncn34)c2=O)cc1. The predicted molar refractivity (Wildman–Crippen MR) is 86.9 cm³/mol. The lowest BCUT2D eigenvalue weighted by Gasteiger charge is -2.03. The zero-order valence-corrected chi connectivity index (χ0v) is 12.8. The summed E-state index contributed by atoms with van der Waals surface area (Å²) in [6.45, 7) is 2.57. The van der Waals surface area contributed by atoms with Gasteiger partial charge in [0, 0.05) is 17.8 Å². The molecule has 1 aromatic carbocycles. The Kier molecular flexibility index (Phi) is 2.97. The first kappa shape index (κ1) is 13.1. The number of imidazole rings is 2. The number of nitrogens with zero attached hydrogens (tertiary/aromatic N) is 4. The second-order valence-electron chi connectivity index (χ2n) is 5.24. The predicted octanol–water partition coefficient (Wildman–Crippen LogP) is 2.70. The van der Waals surface area contributed by atoms with Gasteiger partial charge in [-0.1, -0.05) is 17.7 Å². The zero-order valence-electron chi connectivity index (χ0n) is 12.0. The average Bonchev–Trinajstić information content (AvgIpc) is 3.20. The van der Waals surface area contributed by atoms with Gasteiger partial charge in [-0.2, -0.15) is 0 Å². The van der Waals surface area contributed by atoms with Crippen molar-refractivity contribution in [3.05, 3.63) is 76.3 Å². The lowest BCUT2D eigenvalue weighted by atomic mass is 10.2. The van der Waals surface area contributed by atoms with E-state index >= 15 is 0 Å². The highest BCUT2D eigenvalue weighted by molar-refractivity contribution is 7.15. The molecular weight excluding hydrogens is 296 g/mol. The standard InChI is InChI=1S/C16H14N4OS/c1-12-2-4-13(5-3-12)19-7-6-18(16(19)21)9-14-10-22-15-8-17-11-20(14)15/h2-8,10-11H,9H2,1H3. The van der Waals surface area contributed by atoms with E-state index in [4.69, 9.17) is 0 Å². The summed E-state index contributed by atoms with van der Waals surface area (Å²) >= 11 is 1.63. The molecule has 0 aliphatic carbocycles. The third-order valence-electron chi connectivity index (χ3n) is 3.72. The number of hydrogen-bond acceptors (Lipinski definition) is 3. The summed E-state index contributed by atoms with van der Waals surface area (Å²) in [5.41, 5.74) is 3.08. The molecule has 0 radical (unpaired) electrons. The van der Waals surface area contributed by atoms with E-state index in [1.807, 2.05) is 54.2 Å². The molecule has 3 aromatic heterocycles. The van der Waals surface area contributed by atoms with Crippen molar-refractivity contribution in [2.24, 2.45) is 0 Å². The molecule has 3 heterocycles. The molecule has 0 atom stereocenters. The van der Waals surface area contributed by atoms with Crippen molar-refractivity contribution in [1.82, 2.24) is 18.5 Å². The van der Waals surface area contributed by atoms with E-state index in [0.29, 0.717) is 6.54 Å². The van der Waals surface area contributed by atoms with E-state index < -0.39 is 0 Å². The van der Waals surface area contributed by atoms with Crippen LogP contribution in [0.25, 0.3) is 10.5 Å². The van der Waals surface area contributed by atoms with E-state index in [9.17, 15) is 4.79 Å². The van der Waals surface area contributed by atoms with Gasteiger partial charge in [-0.15, -0.1) is 11.3 Å². The van der Waals surface area contributed by atoms with Crippen LogP contribution in [0.1, 0.15) is 11.3 Å². The summed E-state index contributed by atoms with van der Waals surface area (Å²) in [6.07, 6.45) is 7.24. The van der Waals surface area contributed by atoms with Crippen LogP contribution in [0.2, 0.25) is 0 Å². The maximum Gasteiger partial charge on any atom is 0.333 e. The molecule has 0 unspecified atom stereocenters. The number of fused-ring (bicyclic) bond motifs is 1. The number of aromatic nitrogens is 4. The van der Waals surface area contributed by atoms with Crippen LogP contribution in [-0.2, 0) is 6.54 Å². The molecule has 0 spiro atoms. The molecule has 0 aliphatic heterocycles. The highest BCUT2D eigenvalue weighted by Gasteiger charge is 2.09. The third kappa shape index (κ3) is 2.08. The monoisotopic (exact) mass is 310 g/mol. The minimum atomic E-state index is -0.0386. The van der Waals surface area contributed by atoms with Gasteiger partial charge in [0.1, 0.15) is 11.2 Å². The van der Waals surface area contributed by atoms with Gasteiger partial charge in [-0.25, -0.2) is 9.78 Å². The Morgan fingerprint density at radius 3 is 2.82 bits per heavy atom. The fourth-order valence-corrected chi connectivity index (χ4v) is 3.34. The lowest BCUT2D eigenvalue weighted by molar-refractivity contribution is 0.720. The maximum atomic E-state index is 12.6. The average molecular weight is 310 g/mol. The number of aryl methyl sites for hydroxylation is 1. The first-order valence-electron chi connectivity index (χ1n) is 6.95. The zero-order chi connectivity index (χ0) is 15.1. The first-order chi connectivity index (χ1) is 10.7. The minimum absolute atomic E-state index is 0.0386. The summed E-state index contributed by atoms with van der Waals surface area (Å²) in [5, 5.41) is 2.06. The number of benzene rings is 1. The minimum Gasteiger partial charge on any atom is -0.293 e. The molecular formula is C16H14N4OS. The smallest absolute Gasteiger partial charge is 0.293 e.